The van der Waals surface area contributed by atoms with E-state index < -0.39 is 11.7 Å². The number of esters is 1. The first-order valence-corrected chi connectivity index (χ1v) is 20.2. The van der Waals surface area contributed by atoms with Gasteiger partial charge in [0.05, 0.1) is 38.4 Å². The number of carbonyl (C=O) groups excluding carboxylic acids is 4. The molecule has 306 valence electrons. The summed E-state index contributed by atoms with van der Waals surface area (Å²) >= 11 is 13.0. The number of primary amides is 1. The maximum Gasteiger partial charge on any atom is 1.00 e. The van der Waals surface area contributed by atoms with Crippen LogP contribution in [0.25, 0.3) is 10.8 Å². The monoisotopic (exact) mass is 852 g/mol. The zero-order valence-corrected chi connectivity index (χ0v) is 40.1. The minimum atomic E-state index is -0.565. The van der Waals surface area contributed by atoms with Gasteiger partial charge >= 0.3 is 63.4 Å². The number of benzene rings is 1. The Morgan fingerprint density at radius 3 is 2.33 bits per heavy atom. The summed E-state index contributed by atoms with van der Waals surface area (Å²) in [6.45, 7) is 16.4. The van der Waals surface area contributed by atoms with E-state index in [0.717, 1.165) is 23.6 Å². The third-order valence-electron chi connectivity index (χ3n) is 8.09. The van der Waals surface area contributed by atoms with E-state index in [0.29, 0.717) is 42.0 Å². The van der Waals surface area contributed by atoms with Crippen LogP contribution < -0.4 is 71.9 Å². The van der Waals surface area contributed by atoms with Crippen LogP contribution in [-0.4, -0.2) is 85.7 Å². The molecule has 2 heterocycles. The second kappa shape index (κ2) is 30.5. The van der Waals surface area contributed by atoms with Crippen molar-refractivity contribution in [3.8, 4) is 11.6 Å². The molecule has 4 rings (SSSR count). The number of halogens is 1. The zero-order chi connectivity index (χ0) is 41.4. The Morgan fingerprint density at radius 2 is 1.80 bits per heavy atom. The molecule has 1 saturated heterocycles. The molecule has 1 aliphatic heterocycles. The number of unbranched alkanes of at least 4 members (excludes halogenated alkanes) is 3. The number of nitrogens with one attached hydrogen (secondary N) is 1. The number of hydrogen-bond acceptors (Lipinski definition) is 12. The Bertz CT molecular complexity index is 1470. The molecule has 16 heteroatoms. The molecule has 2 aliphatic rings. The van der Waals surface area contributed by atoms with Crippen molar-refractivity contribution in [3.05, 3.63) is 41.6 Å². The van der Waals surface area contributed by atoms with E-state index >= 15 is 0 Å². The third-order valence-corrected chi connectivity index (χ3v) is 8.33. The molecule has 5 atom stereocenters. The van der Waals surface area contributed by atoms with Crippen molar-refractivity contribution in [1.82, 2.24) is 15.2 Å². The number of fused-ring (bicyclic) bond motifs is 1. The Morgan fingerprint density at radius 1 is 1.15 bits per heavy atom. The van der Waals surface area contributed by atoms with Crippen molar-refractivity contribution in [3.63, 3.8) is 0 Å². The quantitative estimate of drug-likeness (QED) is 0.0381. The summed E-state index contributed by atoms with van der Waals surface area (Å²) in [6, 6.07) is 5.13. The molecule has 1 aliphatic carbocycles. The summed E-state index contributed by atoms with van der Waals surface area (Å²) in [4.78, 5) is 49.7. The Hall–Kier alpha value is -1.56. The first-order valence-electron chi connectivity index (χ1n) is 18.4. The minimum Gasteiger partial charge on any atom is -0.723 e. The van der Waals surface area contributed by atoms with Gasteiger partial charge in [0.25, 0.3) is 0 Å². The van der Waals surface area contributed by atoms with Gasteiger partial charge in [0, 0.05) is 28.3 Å². The maximum atomic E-state index is 11.6. The Labute approximate surface area is 386 Å². The number of carbonyl (C=O) groups is 4. The number of ether oxygens (including phenoxy) is 4. The van der Waals surface area contributed by atoms with Crippen LogP contribution in [0.4, 0.5) is 4.79 Å². The third kappa shape index (κ3) is 21.1. The van der Waals surface area contributed by atoms with E-state index in [1.54, 1.807) is 46.2 Å². The molecule has 12 nitrogen and oxygen atoms in total. The van der Waals surface area contributed by atoms with E-state index in [-0.39, 0.29) is 93.8 Å². The summed E-state index contributed by atoms with van der Waals surface area (Å²) in [5.41, 5.74) is 4.99. The van der Waals surface area contributed by atoms with Gasteiger partial charge in [-0.05, 0) is 78.1 Å². The number of hydrogen-bond donors (Lipinski definition) is 3. The van der Waals surface area contributed by atoms with Gasteiger partial charge < -0.3 is 58.1 Å². The van der Waals surface area contributed by atoms with Gasteiger partial charge in [-0.1, -0.05) is 64.3 Å². The molecule has 0 spiro atoms. The molecule has 2 amide bonds. The number of rotatable bonds is 13. The largest absolute Gasteiger partial charge is 1.00 e. The number of thiol groups is 1. The Balaban J connectivity index is 0. The van der Waals surface area contributed by atoms with E-state index in [1.807, 2.05) is 45.7 Å². The van der Waals surface area contributed by atoms with Gasteiger partial charge in [0.1, 0.15) is 23.7 Å². The second-order valence-electron chi connectivity index (χ2n) is 13.4. The molecule has 55 heavy (non-hydrogen) atoms. The molecular formula is C39H62ClKN4O8S2. The van der Waals surface area contributed by atoms with Crippen LogP contribution in [0.15, 0.2) is 36.5 Å². The van der Waals surface area contributed by atoms with Crippen LogP contribution in [0, 0.1) is 17.8 Å². The zero-order valence-electron chi connectivity index (χ0n) is 34.6. The fourth-order valence-corrected chi connectivity index (χ4v) is 5.70. The SMILES string of the molecule is CC.CC(C)(C)OC(=O)NCC=O.CCCCC/C=C\C1CC1C(=O)OCC.COc1cnc(O[C@H]2CN(C)C(C(N)=O)C2C)c2cc(Cl)ccc12.[K+].[S-]S. The number of aldehydes is 1. The number of pyridine rings is 1. The number of allylic oxidation sites excluding steroid dienone is 2. The molecule has 2 aromatic rings. The average molecular weight is 854 g/mol. The van der Waals surface area contributed by atoms with Crippen molar-refractivity contribution >= 4 is 70.0 Å². The maximum absolute atomic E-state index is 11.6. The topological polar surface area (TPSA) is 159 Å². The predicted molar refractivity (Wildman–Crippen MR) is 222 cm³/mol. The molecule has 0 radical (unpaired) electrons. The average Bonchev–Trinajstić information content (AvgIpc) is 3.85. The van der Waals surface area contributed by atoms with Crippen LogP contribution in [0.2, 0.25) is 5.02 Å². The molecule has 3 N–H and O–H groups in total. The van der Waals surface area contributed by atoms with Gasteiger partial charge in [-0.15, -0.1) is 0 Å². The van der Waals surface area contributed by atoms with Crippen molar-refractivity contribution in [2.24, 2.45) is 23.5 Å². The summed E-state index contributed by atoms with van der Waals surface area (Å²) < 4.78 is 21.3. The van der Waals surface area contributed by atoms with Crippen LogP contribution >= 0.6 is 23.3 Å². The van der Waals surface area contributed by atoms with Gasteiger partial charge in [0.15, 0.2) is 0 Å². The molecule has 2 fully saturated rings. The van der Waals surface area contributed by atoms with Crippen LogP contribution in [0.5, 0.6) is 11.6 Å². The normalized spacial score (nSPS) is 19.5. The van der Waals surface area contributed by atoms with Gasteiger partial charge in [0.2, 0.25) is 11.8 Å². The van der Waals surface area contributed by atoms with Crippen LogP contribution in [-0.2, 0) is 35.5 Å². The summed E-state index contributed by atoms with van der Waals surface area (Å²) in [5, 5.41) is 4.50. The number of likely N-dealkylation sites (tertiary alicyclic amines) is 1. The number of methoxy groups -OCH3 is 1. The van der Waals surface area contributed by atoms with Crippen molar-refractivity contribution in [2.45, 2.75) is 105 Å². The van der Waals surface area contributed by atoms with Crippen molar-refractivity contribution in [2.75, 3.05) is 33.9 Å². The van der Waals surface area contributed by atoms with Gasteiger partial charge in [-0.3, -0.25) is 14.5 Å². The molecule has 0 bridgehead atoms. The standard InChI is InChI=1S/C17H20ClN3O3.C13H22O2.C7H13NO3.C2H6.K.H2S2/c1-9-14(8-21(2)15(9)16(19)22)24-17-12-6-10(18)4-5-11(12)13(23-3)7-20-17;1-3-5-6-7-8-9-11-10-12(11)13(14)15-4-2;1-7(2,3)11-6(10)8-4-5-9;1-2;;1-2/h4-7,9,14-15H,8H2,1-3H3,(H2,19,22);8-9,11-12H,3-7,10H2,1-2H3;5H,4H2,1-3H3,(H,8,10);1-2H3;;1-2H/q;;;;+1;/p-1/b;9-8-;;;;/t9?,14-,15?;;;;;/m0...../s1. The molecule has 4 unspecified atom stereocenters. The van der Waals surface area contributed by atoms with Crippen molar-refractivity contribution in [1.29, 1.82) is 0 Å². The molecule has 1 aromatic heterocycles. The first-order chi connectivity index (χ1) is 25.7. The fraction of sp³-hybridized carbons (Fsp3) is 0.615. The Kier molecular flexibility index (Phi) is 30.8. The summed E-state index contributed by atoms with van der Waals surface area (Å²) in [7, 11) is 3.46. The summed E-state index contributed by atoms with van der Waals surface area (Å²) in [5.74, 6) is 1.36. The minimum absolute atomic E-state index is 0. The second-order valence-corrected chi connectivity index (χ2v) is 13.8. The molecule has 1 saturated carbocycles. The fourth-order valence-electron chi connectivity index (χ4n) is 5.52. The number of amides is 2. The summed E-state index contributed by atoms with van der Waals surface area (Å²) in [6.07, 6.45) is 11.9. The predicted octanol–water partition coefficient (Wildman–Crippen LogP) is 4.52. The van der Waals surface area contributed by atoms with Crippen molar-refractivity contribution < 1.29 is 89.5 Å². The number of aromatic nitrogens is 1. The first kappa shape index (κ1) is 55.5. The number of nitrogens with two attached hydrogens (primary N) is 1. The smallest absolute Gasteiger partial charge is 0.723 e. The number of nitrogens with zero attached hydrogens (tertiary/aromatic N) is 2. The number of alkyl carbamates (subject to hydrolysis) is 1. The number of likely N-dealkylation sites (N-methyl/N-ethyl adjacent to an activating group) is 1. The van der Waals surface area contributed by atoms with E-state index in [4.69, 9.17) is 36.3 Å². The van der Waals surface area contributed by atoms with E-state index in [2.05, 4.69) is 52.7 Å². The van der Waals surface area contributed by atoms with E-state index in [9.17, 15) is 19.2 Å². The van der Waals surface area contributed by atoms with E-state index in [1.165, 1.54) is 19.3 Å². The van der Waals surface area contributed by atoms with Crippen LogP contribution in [0.1, 0.15) is 87.5 Å². The van der Waals surface area contributed by atoms with Gasteiger partial charge in [-0.25, -0.2) is 9.78 Å². The molecule has 1 aromatic carbocycles. The van der Waals surface area contributed by atoms with Crippen LogP contribution in [0.3, 0.4) is 0 Å². The van der Waals surface area contributed by atoms with Gasteiger partial charge in [-0.2, -0.15) is 0 Å². The molecular weight excluding hydrogens is 791 g/mol.